The van der Waals surface area contributed by atoms with Crippen molar-refractivity contribution in [1.82, 2.24) is 0 Å². The van der Waals surface area contributed by atoms with Crippen LogP contribution >= 0.6 is 23.2 Å². The molecule has 0 amide bonds. The average Bonchev–Trinajstić information content (AvgIpc) is 2.20. The maximum Gasteiger partial charge on any atom is 0.146 e. The Morgan fingerprint density at radius 3 is 2.19 bits per heavy atom. The van der Waals surface area contributed by atoms with E-state index in [2.05, 4.69) is 5.32 Å². The Morgan fingerprint density at radius 2 is 1.56 bits per heavy atom. The SMILES string of the molecule is Fc1ccccc1Nc1cc(Cl)cc(Cl)c1. The zero-order chi connectivity index (χ0) is 11.5. The lowest BCUT2D eigenvalue weighted by molar-refractivity contribution is 0.632. The highest BCUT2D eigenvalue weighted by atomic mass is 35.5. The number of nitrogens with one attached hydrogen (secondary N) is 1. The minimum Gasteiger partial charge on any atom is -0.353 e. The predicted octanol–water partition coefficient (Wildman–Crippen LogP) is 4.88. The summed E-state index contributed by atoms with van der Waals surface area (Å²) in [5.41, 5.74) is 1.04. The summed E-state index contributed by atoms with van der Waals surface area (Å²) in [6.07, 6.45) is 0. The van der Waals surface area contributed by atoms with Crippen molar-refractivity contribution in [2.45, 2.75) is 0 Å². The molecular weight excluding hydrogens is 248 g/mol. The Kier molecular flexibility index (Phi) is 3.32. The lowest BCUT2D eigenvalue weighted by atomic mass is 10.2. The Morgan fingerprint density at radius 1 is 0.938 bits per heavy atom. The highest BCUT2D eigenvalue weighted by Crippen LogP contribution is 2.26. The second-order valence-electron chi connectivity index (χ2n) is 3.26. The van der Waals surface area contributed by atoms with Crippen LogP contribution in [0.1, 0.15) is 0 Å². The van der Waals surface area contributed by atoms with Gasteiger partial charge in [-0.2, -0.15) is 0 Å². The molecule has 0 fully saturated rings. The van der Waals surface area contributed by atoms with Gasteiger partial charge in [-0.1, -0.05) is 35.3 Å². The van der Waals surface area contributed by atoms with Gasteiger partial charge in [0.15, 0.2) is 0 Å². The van der Waals surface area contributed by atoms with Gasteiger partial charge in [-0.25, -0.2) is 4.39 Å². The first-order chi connectivity index (χ1) is 7.65. The second kappa shape index (κ2) is 4.73. The molecule has 2 aromatic carbocycles. The van der Waals surface area contributed by atoms with E-state index in [4.69, 9.17) is 23.2 Å². The van der Waals surface area contributed by atoms with Crippen molar-refractivity contribution in [2.24, 2.45) is 0 Å². The first kappa shape index (κ1) is 11.2. The number of anilines is 2. The zero-order valence-corrected chi connectivity index (χ0v) is 9.69. The van der Waals surface area contributed by atoms with Crippen LogP contribution in [0.5, 0.6) is 0 Å². The molecule has 0 aliphatic rings. The summed E-state index contributed by atoms with van der Waals surface area (Å²) in [5.74, 6) is -0.321. The smallest absolute Gasteiger partial charge is 0.146 e. The van der Waals surface area contributed by atoms with Crippen molar-refractivity contribution in [3.05, 3.63) is 58.3 Å². The van der Waals surface area contributed by atoms with E-state index in [-0.39, 0.29) is 5.82 Å². The molecule has 0 atom stereocenters. The molecule has 0 bridgehead atoms. The highest BCUT2D eigenvalue weighted by Gasteiger charge is 2.02. The maximum absolute atomic E-state index is 13.3. The molecule has 2 aromatic rings. The molecule has 1 nitrogen and oxygen atoms in total. The first-order valence-corrected chi connectivity index (χ1v) is 5.38. The van der Waals surface area contributed by atoms with Crippen LogP contribution in [0.15, 0.2) is 42.5 Å². The third kappa shape index (κ3) is 2.65. The minimum absolute atomic E-state index is 0.321. The normalized spacial score (nSPS) is 10.2. The number of halogens is 3. The van der Waals surface area contributed by atoms with Gasteiger partial charge in [-0.3, -0.25) is 0 Å². The highest BCUT2D eigenvalue weighted by molar-refractivity contribution is 6.35. The number of para-hydroxylation sites is 1. The van der Waals surface area contributed by atoms with Gasteiger partial charge in [0, 0.05) is 15.7 Å². The molecule has 16 heavy (non-hydrogen) atoms. The molecule has 4 heteroatoms. The third-order valence-electron chi connectivity index (χ3n) is 2.02. The fraction of sp³-hybridized carbons (Fsp3) is 0. The van der Waals surface area contributed by atoms with Crippen LogP contribution in [0.4, 0.5) is 15.8 Å². The first-order valence-electron chi connectivity index (χ1n) is 4.63. The van der Waals surface area contributed by atoms with Crippen molar-refractivity contribution in [1.29, 1.82) is 0 Å². The molecule has 0 saturated heterocycles. The van der Waals surface area contributed by atoms with E-state index in [1.54, 1.807) is 36.4 Å². The van der Waals surface area contributed by atoms with Gasteiger partial charge >= 0.3 is 0 Å². The monoisotopic (exact) mass is 255 g/mol. The summed E-state index contributed by atoms with van der Waals surface area (Å²) in [4.78, 5) is 0. The van der Waals surface area contributed by atoms with E-state index in [0.717, 1.165) is 0 Å². The standard InChI is InChI=1S/C12H8Cl2FN/c13-8-5-9(14)7-10(6-8)16-12-4-2-1-3-11(12)15/h1-7,16H. The largest absolute Gasteiger partial charge is 0.353 e. The molecular formula is C12H8Cl2FN. The second-order valence-corrected chi connectivity index (χ2v) is 4.14. The Hall–Kier alpha value is -1.25. The molecule has 0 saturated carbocycles. The zero-order valence-electron chi connectivity index (χ0n) is 8.18. The summed E-state index contributed by atoms with van der Waals surface area (Å²) < 4.78 is 13.3. The van der Waals surface area contributed by atoms with E-state index in [0.29, 0.717) is 21.4 Å². The molecule has 1 N–H and O–H groups in total. The van der Waals surface area contributed by atoms with E-state index < -0.39 is 0 Å². The van der Waals surface area contributed by atoms with Gasteiger partial charge in [-0.05, 0) is 30.3 Å². The Balaban J connectivity index is 2.30. The molecule has 0 radical (unpaired) electrons. The van der Waals surface area contributed by atoms with Gasteiger partial charge in [0.1, 0.15) is 5.82 Å². The fourth-order valence-corrected chi connectivity index (χ4v) is 1.87. The molecule has 0 aromatic heterocycles. The number of rotatable bonds is 2. The molecule has 0 heterocycles. The minimum atomic E-state index is -0.321. The van der Waals surface area contributed by atoms with Crippen LogP contribution in [-0.2, 0) is 0 Å². The summed E-state index contributed by atoms with van der Waals surface area (Å²) in [6.45, 7) is 0. The van der Waals surface area contributed by atoms with E-state index in [1.165, 1.54) is 6.07 Å². The topological polar surface area (TPSA) is 12.0 Å². The molecule has 0 aliphatic heterocycles. The third-order valence-corrected chi connectivity index (χ3v) is 2.45. The summed E-state index contributed by atoms with van der Waals surface area (Å²) >= 11 is 11.7. The van der Waals surface area contributed by atoms with E-state index in [9.17, 15) is 4.39 Å². The Bertz CT molecular complexity index is 494. The van der Waals surface area contributed by atoms with Gasteiger partial charge in [-0.15, -0.1) is 0 Å². The van der Waals surface area contributed by atoms with Crippen LogP contribution in [-0.4, -0.2) is 0 Å². The lowest BCUT2D eigenvalue weighted by Crippen LogP contribution is -1.93. The number of hydrogen-bond acceptors (Lipinski definition) is 1. The van der Waals surface area contributed by atoms with Crippen LogP contribution in [0.2, 0.25) is 10.0 Å². The fourth-order valence-electron chi connectivity index (χ4n) is 1.34. The van der Waals surface area contributed by atoms with E-state index >= 15 is 0 Å². The summed E-state index contributed by atoms with van der Waals surface area (Å²) in [6, 6.07) is 11.4. The van der Waals surface area contributed by atoms with Crippen molar-refractivity contribution < 1.29 is 4.39 Å². The van der Waals surface area contributed by atoms with Crippen molar-refractivity contribution in [2.75, 3.05) is 5.32 Å². The molecule has 0 spiro atoms. The number of benzene rings is 2. The van der Waals surface area contributed by atoms with Gasteiger partial charge in [0.2, 0.25) is 0 Å². The van der Waals surface area contributed by atoms with Crippen LogP contribution in [0.25, 0.3) is 0 Å². The van der Waals surface area contributed by atoms with Crippen molar-refractivity contribution in [3.63, 3.8) is 0 Å². The summed E-state index contributed by atoms with van der Waals surface area (Å²) in [7, 11) is 0. The van der Waals surface area contributed by atoms with Crippen LogP contribution in [0, 0.1) is 5.82 Å². The summed E-state index contributed by atoms with van der Waals surface area (Å²) in [5, 5.41) is 3.92. The van der Waals surface area contributed by atoms with Crippen LogP contribution in [0.3, 0.4) is 0 Å². The number of hydrogen-bond donors (Lipinski definition) is 1. The molecule has 2 rings (SSSR count). The van der Waals surface area contributed by atoms with Crippen LogP contribution < -0.4 is 5.32 Å². The Labute approximate surface area is 103 Å². The van der Waals surface area contributed by atoms with Gasteiger partial charge < -0.3 is 5.32 Å². The molecule has 0 aliphatic carbocycles. The quantitative estimate of drug-likeness (QED) is 0.807. The van der Waals surface area contributed by atoms with Gasteiger partial charge in [0.05, 0.1) is 5.69 Å². The van der Waals surface area contributed by atoms with Crippen molar-refractivity contribution in [3.8, 4) is 0 Å². The predicted molar refractivity (Wildman–Crippen MR) is 66.1 cm³/mol. The lowest BCUT2D eigenvalue weighted by Gasteiger charge is -2.08. The maximum atomic E-state index is 13.3. The van der Waals surface area contributed by atoms with Crippen molar-refractivity contribution >= 4 is 34.6 Å². The molecule has 0 unspecified atom stereocenters. The van der Waals surface area contributed by atoms with Gasteiger partial charge in [0.25, 0.3) is 0 Å². The average molecular weight is 256 g/mol. The molecule has 82 valence electrons. The van der Waals surface area contributed by atoms with E-state index in [1.807, 2.05) is 0 Å².